The van der Waals surface area contributed by atoms with Crippen LogP contribution in [0.15, 0.2) is 0 Å². The van der Waals surface area contributed by atoms with E-state index in [9.17, 15) is 4.79 Å². The smallest absolute Gasteiger partial charge is 0.246 e. The molecule has 0 aromatic heterocycles. The third kappa shape index (κ3) is 4.85. The zero-order valence-corrected chi connectivity index (χ0v) is 8.89. The van der Waals surface area contributed by atoms with Gasteiger partial charge in [-0.1, -0.05) is 0 Å². The molecule has 0 aliphatic rings. The average molecular weight is 188 g/mol. The molecule has 3 N–H and O–H groups in total. The van der Waals surface area contributed by atoms with Crippen molar-refractivity contribution in [3.63, 3.8) is 0 Å². The Morgan fingerprint density at radius 2 is 2.15 bits per heavy atom. The fourth-order valence-corrected chi connectivity index (χ4v) is 0.704. The first-order valence-corrected chi connectivity index (χ1v) is 4.54. The van der Waals surface area contributed by atoms with Gasteiger partial charge in [0.1, 0.15) is 6.61 Å². The third-order valence-corrected chi connectivity index (χ3v) is 2.04. The molecule has 1 atom stereocenters. The number of nitrogens with two attached hydrogens (primary N) is 1. The molecule has 0 aliphatic carbocycles. The largest absolute Gasteiger partial charge is 0.372 e. The van der Waals surface area contributed by atoms with Gasteiger partial charge in [0.25, 0.3) is 0 Å². The molecule has 1 unspecified atom stereocenters. The molecule has 78 valence electrons. The second kappa shape index (κ2) is 5.19. The molecule has 0 saturated carbocycles. The first-order chi connectivity index (χ1) is 5.90. The number of carbonyl (C=O) groups is 1. The van der Waals surface area contributed by atoms with Gasteiger partial charge in [-0.3, -0.25) is 4.79 Å². The number of ether oxygens (including phenoxy) is 1. The van der Waals surface area contributed by atoms with E-state index in [1.807, 2.05) is 27.7 Å². The minimum absolute atomic E-state index is 0.0851. The van der Waals surface area contributed by atoms with E-state index in [0.29, 0.717) is 6.61 Å². The Labute approximate surface area is 79.8 Å². The average Bonchev–Trinajstić information content (AvgIpc) is 1.99. The van der Waals surface area contributed by atoms with Crippen molar-refractivity contribution in [2.45, 2.75) is 39.3 Å². The minimum atomic E-state index is -0.381. The Bertz CT molecular complexity index is 167. The Hall–Kier alpha value is -0.610. The van der Waals surface area contributed by atoms with Crippen molar-refractivity contribution < 1.29 is 9.53 Å². The van der Waals surface area contributed by atoms with E-state index in [1.165, 1.54) is 0 Å². The lowest BCUT2D eigenvalue weighted by atomic mass is 9.97. The van der Waals surface area contributed by atoms with E-state index in [0.717, 1.165) is 0 Å². The standard InChI is InChI=1S/C9H20N2O2/c1-5-13-6-8(12)11-9(3,4)7(2)10/h7H,5-6,10H2,1-4H3,(H,11,12). The van der Waals surface area contributed by atoms with Crippen molar-refractivity contribution in [1.82, 2.24) is 5.32 Å². The van der Waals surface area contributed by atoms with E-state index >= 15 is 0 Å². The summed E-state index contributed by atoms with van der Waals surface area (Å²) in [6.45, 7) is 8.15. The van der Waals surface area contributed by atoms with Crippen LogP contribution in [-0.4, -0.2) is 30.7 Å². The summed E-state index contributed by atoms with van der Waals surface area (Å²) in [6, 6.07) is -0.0851. The fraction of sp³-hybridized carbons (Fsp3) is 0.889. The van der Waals surface area contributed by atoms with Crippen LogP contribution in [0.25, 0.3) is 0 Å². The number of carbonyl (C=O) groups excluding carboxylic acids is 1. The highest BCUT2D eigenvalue weighted by atomic mass is 16.5. The van der Waals surface area contributed by atoms with E-state index < -0.39 is 0 Å². The topological polar surface area (TPSA) is 64.3 Å². The van der Waals surface area contributed by atoms with Gasteiger partial charge >= 0.3 is 0 Å². The Morgan fingerprint density at radius 3 is 2.54 bits per heavy atom. The quantitative estimate of drug-likeness (QED) is 0.650. The Balaban J connectivity index is 3.90. The van der Waals surface area contributed by atoms with Gasteiger partial charge in [0.15, 0.2) is 0 Å². The lowest BCUT2D eigenvalue weighted by Crippen LogP contribution is -2.55. The normalized spacial score (nSPS) is 13.9. The van der Waals surface area contributed by atoms with Crippen LogP contribution in [0.4, 0.5) is 0 Å². The van der Waals surface area contributed by atoms with Gasteiger partial charge in [-0.2, -0.15) is 0 Å². The molecule has 4 nitrogen and oxygen atoms in total. The third-order valence-electron chi connectivity index (χ3n) is 2.04. The van der Waals surface area contributed by atoms with E-state index in [2.05, 4.69) is 5.32 Å². The van der Waals surface area contributed by atoms with Crippen LogP contribution in [-0.2, 0) is 9.53 Å². The summed E-state index contributed by atoms with van der Waals surface area (Å²) < 4.78 is 4.97. The summed E-state index contributed by atoms with van der Waals surface area (Å²) in [5.41, 5.74) is 5.31. The summed E-state index contributed by atoms with van der Waals surface area (Å²) in [5.74, 6) is -0.121. The molecule has 4 heteroatoms. The minimum Gasteiger partial charge on any atom is -0.372 e. The van der Waals surface area contributed by atoms with Crippen molar-refractivity contribution in [1.29, 1.82) is 0 Å². The van der Waals surface area contributed by atoms with Gasteiger partial charge in [0, 0.05) is 18.2 Å². The molecule has 0 bridgehead atoms. The van der Waals surface area contributed by atoms with Gasteiger partial charge in [0.2, 0.25) is 5.91 Å². The highest BCUT2D eigenvalue weighted by Gasteiger charge is 2.24. The van der Waals surface area contributed by atoms with E-state index in [4.69, 9.17) is 10.5 Å². The molecule has 0 rings (SSSR count). The number of rotatable bonds is 5. The summed E-state index contributed by atoms with van der Waals surface area (Å²) in [7, 11) is 0. The number of nitrogens with one attached hydrogen (secondary N) is 1. The number of hydrogen-bond donors (Lipinski definition) is 2. The zero-order chi connectivity index (χ0) is 10.5. The second-order valence-corrected chi connectivity index (χ2v) is 3.70. The molecule has 0 aliphatic heterocycles. The van der Waals surface area contributed by atoms with Crippen LogP contribution in [0.5, 0.6) is 0 Å². The molecule has 0 saturated heterocycles. The second-order valence-electron chi connectivity index (χ2n) is 3.70. The van der Waals surface area contributed by atoms with Crippen molar-refractivity contribution in [2.24, 2.45) is 5.73 Å². The first-order valence-electron chi connectivity index (χ1n) is 4.54. The molecular weight excluding hydrogens is 168 g/mol. The molecular formula is C9H20N2O2. The SMILES string of the molecule is CCOCC(=O)NC(C)(C)C(C)N. The monoisotopic (exact) mass is 188 g/mol. The van der Waals surface area contributed by atoms with E-state index in [-0.39, 0.29) is 24.1 Å². The van der Waals surface area contributed by atoms with Crippen LogP contribution in [0.3, 0.4) is 0 Å². The summed E-state index contributed by atoms with van der Waals surface area (Å²) in [4.78, 5) is 11.2. The maximum absolute atomic E-state index is 11.2. The predicted molar refractivity (Wildman–Crippen MR) is 52.4 cm³/mol. The van der Waals surface area contributed by atoms with Crippen LogP contribution in [0.1, 0.15) is 27.7 Å². The van der Waals surface area contributed by atoms with Crippen LogP contribution in [0, 0.1) is 0 Å². The number of amides is 1. The van der Waals surface area contributed by atoms with Gasteiger partial charge in [-0.15, -0.1) is 0 Å². The Morgan fingerprint density at radius 1 is 1.62 bits per heavy atom. The van der Waals surface area contributed by atoms with Crippen molar-refractivity contribution in [3.8, 4) is 0 Å². The molecule has 13 heavy (non-hydrogen) atoms. The maximum atomic E-state index is 11.2. The van der Waals surface area contributed by atoms with Crippen LogP contribution in [0.2, 0.25) is 0 Å². The maximum Gasteiger partial charge on any atom is 0.246 e. The predicted octanol–water partition coefficient (Wildman–Crippen LogP) is 0.265. The molecule has 0 aromatic rings. The van der Waals surface area contributed by atoms with Crippen molar-refractivity contribution in [3.05, 3.63) is 0 Å². The molecule has 0 fully saturated rings. The highest BCUT2D eigenvalue weighted by Crippen LogP contribution is 2.05. The van der Waals surface area contributed by atoms with Gasteiger partial charge in [-0.05, 0) is 27.7 Å². The first kappa shape index (κ1) is 12.4. The summed E-state index contributed by atoms with van der Waals surface area (Å²) in [6.07, 6.45) is 0. The van der Waals surface area contributed by atoms with Crippen LogP contribution < -0.4 is 11.1 Å². The lowest BCUT2D eigenvalue weighted by molar-refractivity contribution is -0.127. The highest BCUT2D eigenvalue weighted by molar-refractivity contribution is 5.78. The summed E-state index contributed by atoms with van der Waals surface area (Å²) in [5, 5.41) is 2.80. The molecule has 0 radical (unpaired) electrons. The van der Waals surface area contributed by atoms with Crippen LogP contribution >= 0.6 is 0 Å². The molecule has 0 spiro atoms. The molecule has 1 amide bonds. The number of hydrogen-bond acceptors (Lipinski definition) is 3. The summed E-state index contributed by atoms with van der Waals surface area (Å²) >= 11 is 0. The van der Waals surface area contributed by atoms with Gasteiger partial charge in [-0.25, -0.2) is 0 Å². The molecule has 0 heterocycles. The Kier molecular flexibility index (Phi) is 4.95. The lowest BCUT2D eigenvalue weighted by Gasteiger charge is -2.30. The zero-order valence-electron chi connectivity index (χ0n) is 8.89. The van der Waals surface area contributed by atoms with E-state index in [1.54, 1.807) is 0 Å². The van der Waals surface area contributed by atoms with Crippen molar-refractivity contribution >= 4 is 5.91 Å². The van der Waals surface area contributed by atoms with Crippen molar-refractivity contribution in [2.75, 3.05) is 13.2 Å². The van der Waals surface area contributed by atoms with Gasteiger partial charge < -0.3 is 15.8 Å². The molecule has 0 aromatic carbocycles. The van der Waals surface area contributed by atoms with Gasteiger partial charge in [0.05, 0.1) is 0 Å². The fourth-order valence-electron chi connectivity index (χ4n) is 0.704.